The second-order valence-electron chi connectivity index (χ2n) is 3.61. The van der Waals surface area contributed by atoms with E-state index in [1.807, 2.05) is 0 Å². The molecule has 1 heterocycles. The maximum Gasteiger partial charge on any atom is 0.350 e. The van der Waals surface area contributed by atoms with Crippen LogP contribution >= 0.6 is 34.5 Å². The van der Waals surface area contributed by atoms with Gasteiger partial charge in [0.25, 0.3) is 0 Å². The van der Waals surface area contributed by atoms with Crippen LogP contribution in [-0.4, -0.2) is 17.6 Å². The van der Waals surface area contributed by atoms with E-state index in [9.17, 15) is 4.79 Å². The van der Waals surface area contributed by atoms with Crippen LogP contribution in [0.1, 0.15) is 16.6 Å². The Morgan fingerprint density at radius 3 is 2.58 bits per heavy atom. The number of benzene rings is 1. The van der Waals surface area contributed by atoms with Gasteiger partial charge in [0.1, 0.15) is 4.88 Å². The Hall–Kier alpha value is -1.30. The lowest BCUT2D eigenvalue weighted by Gasteiger charge is -2.03. The Labute approximate surface area is 124 Å². The van der Waals surface area contributed by atoms with Gasteiger partial charge in [0.15, 0.2) is 5.13 Å². The molecule has 4 nitrogen and oxygen atoms in total. The van der Waals surface area contributed by atoms with Crippen molar-refractivity contribution in [3.05, 3.63) is 33.1 Å². The van der Waals surface area contributed by atoms with Gasteiger partial charge >= 0.3 is 5.97 Å². The summed E-state index contributed by atoms with van der Waals surface area (Å²) >= 11 is 13.0. The summed E-state index contributed by atoms with van der Waals surface area (Å²) in [6, 6.07) is 4.95. The molecule has 0 radical (unpaired) electrons. The molecule has 0 aliphatic rings. The van der Waals surface area contributed by atoms with Crippen molar-refractivity contribution in [3.63, 3.8) is 0 Å². The van der Waals surface area contributed by atoms with Gasteiger partial charge in [-0.05, 0) is 25.1 Å². The van der Waals surface area contributed by atoms with Crippen molar-refractivity contribution in [3.8, 4) is 11.3 Å². The molecule has 100 valence electrons. The SMILES string of the molecule is CCOC(=O)c1sc(N)nc1-c1cc(Cl)cc(Cl)c1. The zero-order valence-electron chi connectivity index (χ0n) is 9.94. The highest BCUT2D eigenvalue weighted by Crippen LogP contribution is 2.33. The number of esters is 1. The number of rotatable bonds is 3. The number of anilines is 1. The monoisotopic (exact) mass is 316 g/mol. The van der Waals surface area contributed by atoms with Gasteiger partial charge in [-0.2, -0.15) is 0 Å². The molecule has 2 rings (SSSR count). The molecule has 19 heavy (non-hydrogen) atoms. The average molecular weight is 317 g/mol. The van der Waals surface area contributed by atoms with Gasteiger partial charge in [-0.15, -0.1) is 0 Å². The first-order valence-corrected chi connectivity index (χ1v) is 6.98. The number of carbonyl (C=O) groups is 1. The minimum atomic E-state index is -0.456. The summed E-state index contributed by atoms with van der Waals surface area (Å²) in [5, 5.41) is 1.21. The number of hydrogen-bond donors (Lipinski definition) is 1. The number of nitrogen functional groups attached to an aromatic ring is 1. The number of aromatic nitrogens is 1. The molecule has 0 saturated carbocycles. The molecule has 0 aliphatic carbocycles. The van der Waals surface area contributed by atoms with Gasteiger partial charge in [-0.25, -0.2) is 9.78 Å². The van der Waals surface area contributed by atoms with Crippen LogP contribution in [0.3, 0.4) is 0 Å². The number of carbonyl (C=O) groups excluding carboxylic acids is 1. The maximum absolute atomic E-state index is 11.8. The summed E-state index contributed by atoms with van der Waals surface area (Å²) in [6.45, 7) is 2.02. The predicted octanol–water partition coefficient (Wildman–Crippen LogP) is 3.88. The molecule has 1 aromatic heterocycles. The van der Waals surface area contributed by atoms with Gasteiger partial charge in [-0.3, -0.25) is 0 Å². The first-order chi connectivity index (χ1) is 9.01. The van der Waals surface area contributed by atoms with E-state index < -0.39 is 5.97 Å². The quantitative estimate of drug-likeness (QED) is 0.873. The first kappa shape index (κ1) is 14.1. The summed E-state index contributed by atoms with van der Waals surface area (Å²) in [5.41, 5.74) is 6.73. The van der Waals surface area contributed by atoms with E-state index in [0.717, 1.165) is 11.3 Å². The van der Waals surface area contributed by atoms with E-state index in [1.54, 1.807) is 25.1 Å². The van der Waals surface area contributed by atoms with E-state index in [-0.39, 0.29) is 11.7 Å². The third-order valence-electron chi connectivity index (χ3n) is 2.24. The minimum Gasteiger partial charge on any atom is -0.462 e. The minimum absolute atomic E-state index is 0.284. The lowest BCUT2D eigenvalue weighted by molar-refractivity contribution is 0.0532. The van der Waals surface area contributed by atoms with Crippen LogP contribution in [0.15, 0.2) is 18.2 Å². The zero-order chi connectivity index (χ0) is 14.0. The topological polar surface area (TPSA) is 65.2 Å². The summed E-state index contributed by atoms with van der Waals surface area (Å²) in [5.74, 6) is -0.456. The normalized spacial score (nSPS) is 10.5. The second kappa shape index (κ2) is 5.77. The molecule has 0 fully saturated rings. The molecule has 2 aromatic rings. The average Bonchev–Trinajstić information content (AvgIpc) is 2.70. The lowest BCUT2D eigenvalue weighted by Crippen LogP contribution is -2.03. The Kier molecular flexibility index (Phi) is 4.29. The van der Waals surface area contributed by atoms with Gasteiger partial charge in [0.05, 0.1) is 12.3 Å². The highest BCUT2D eigenvalue weighted by Gasteiger charge is 2.20. The summed E-state index contributed by atoms with van der Waals surface area (Å²) in [4.78, 5) is 16.3. The number of nitrogens with zero attached hydrogens (tertiary/aromatic N) is 1. The van der Waals surface area contributed by atoms with Gasteiger partial charge in [-0.1, -0.05) is 34.5 Å². The lowest BCUT2D eigenvalue weighted by atomic mass is 10.1. The molecule has 2 N–H and O–H groups in total. The van der Waals surface area contributed by atoms with Crippen LogP contribution in [0.2, 0.25) is 10.0 Å². The van der Waals surface area contributed by atoms with Crippen LogP contribution < -0.4 is 5.73 Å². The van der Waals surface area contributed by atoms with Crippen molar-refractivity contribution in [2.45, 2.75) is 6.92 Å². The van der Waals surface area contributed by atoms with Gasteiger partial charge in [0, 0.05) is 15.6 Å². The number of nitrogens with two attached hydrogens (primary N) is 1. The van der Waals surface area contributed by atoms with Crippen molar-refractivity contribution in [1.82, 2.24) is 4.98 Å². The number of thiazole rings is 1. The van der Waals surface area contributed by atoms with Gasteiger partial charge < -0.3 is 10.5 Å². The molecule has 0 unspecified atom stereocenters. The Balaban J connectivity index is 2.52. The molecule has 0 aliphatic heterocycles. The standard InChI is InChI=1S/C12H10Cl2N2O2S/c1-2-18-11(17)10-9(16-12(15)19-10)6-3-7(13)5-8(14)4-6/h3-5H,2H2,1H3,(H2,15,16). The molecule has 0 spiro atoms. The third kappa shape index (κ3) is 3.18. The molecule has 0 saturated heterocycles. The molecule has 7 heteroatoms. The number of hydrogen-bond acceptors (Lipinski definition) is 5. The highest BCUT2D eigenvalue weighted by atomic mass is 35.5. The summed E-state index contributed by atoms with van der Waals surface area (Å²) in [7, 11) is 0. The molecular weight excluding hydrogens is 307 g/mol. The molecule has 0 amide bonds. The number of halogens is 2. The van der Waals surface area contributed by atoms with Crippen molar-refractivity contribution < 1.29 is 9.53 Å². The van der Waals surface area contributed by atoms with Crippen LogP contribution in [0.25, 0.3) is 11.3 Å². The summed E-state index contributed by atoms with van der Waals surface area (Å²) < 4.78 is 4.97. The van der Waals surface area contributed by atoms with Crippen LogP contribution in [0, 0.1) is 0 Å². The second-order valence-corrected chi connectivity index (χ2v) is 5.51. The first-order valence-electron chi connectivity index (χ1n) is 5.41. The molecular formula is C12H10Cl2N2O2S. The largest absolute Gasteiger partial charge is 0.462 e. The molecule has 0 bridgehead atoms. The van der Waals surface area contributed by atoms with Crippen molar-refractivity contribution in [1.29, 1.82) is 0 Å². The number of ether oxygens (including phenoxy) is 1. The molecule has 0 atom stereocenters. The highest BCUT2D eigenvalue weighted by molar-refractivity contribution is 7.17. The zero-order valence-corrected chi connectivity index (χ0v) is 12.3. The van der Waals surface area contributed by atoms with Crippen LogP contribution in [-0.2, 0) is 4.74 Å². The van der Waals surface area contributed by atoms with Crippen molar-refractivity contribution >= 4 is 45.6 Å². The van der Waals surface area contributed by atoms with E-state index in [0.29, 0.717) is 26.2 Å². The van der Waals surface area contributed by atoms with Crippen LogP contribution in [0.5, 0.6) is 0 Å². The smallest absolute Gasteiger partial charge is 0.350 e. The van der Waals surface area contributed by atoms with Crippen molar-refractivity contribution in [2.24, 2.45) is 0 Å². The predicted molar refractivity (Wildman–Crippen MR) is 77.9 cm³/mol. The Bertz CT molecular complexity index is 608. The third-order valence-corrected chi connectivity index (χ3v) is 3.54. The van der Waals surface area contributed by atoms with Crippen LogP contribution in [0.4, 0.5) is 5.13 Å². The summed E-state index contributed by atoms with van der Waals surface area (Å²) in [6.07, 6.45) is 0. The fraction of sp³-hybridized carbons (Fsp3) is 0.167. The van der Waals surface area contributed by atoms with E-state index >= 15 is 0 Å². The Morgan fingerprint density at radius 2 is 2.00 bits per heavy atom. The molecule has 1 aromatic carbocycles. The fourth-order valence-electron chi connectivity index (χ4n) is 1.56. The fourth-order valence-corrected chi connectivity index (χ4v) is 2.83. The van der Waals surface area contributed by atoms with Gasteiger partial charge in [0.2, 0.25) is 0 Å². The van der Waals surface area contributed by atoms with E-state index in [4.69, 9.17) is 33.7 Å². The maximum atomic E-state index is 11.8. The van der Waals surface area contributed by atoms with E-state index in [1.165, 1.54) is 0 Å². The van der Waals surface area contributed by atoms with E-state index in [2.05, 4.69) is 4.98 Å². The van der Waals surface area contributed by atoms with Crippen molar-refractivity contribution in [2.75, 3.05) is 12.3 Å². The Morgan fingerprint density at radius 1 is 1.37 bits per heavy atom.